The van der Waals surface area contributed by atoms with E-state index in [4.69, 9.17) is 0 Å². The fourth-order valence-electron chi connectivity index (χ4n) is 3.22. The van der Waals surface area contributed by atoms with Crippen molar-refractivity contribution in [2.75, 3.05) is 26.2 Å². The highest BCUT2D eigenvalue weighted by atomic mass is 16.3. The molecule has 1 fully saturated rings. The predicted octanol–water partition coefficient (Wildman–Crippen LogP) is 2.31. The molecule has 0 saturated carbocycles. The number of likely N-dealkylation sites (tertiary alicyclic amines) is 1. The van der Waals surface area contributed by atoms with E-state index in [0.29, 0.717) is 6.54 Å². The lowest BCUT2D eigenvalue weighted by atomic mass is 10.1. The quantitative estimate of drug-likeness (QED) is 0.841. The van der Waals surface area contributed by atoms with Crippen LogP contribution in [-0.4, -0.2) is 52.0 Å². The molecule has 5 nitrogen and oxygen atoms in total. The first-order valence-corrected chi connectivity index (χ1v) is 8.86. The Bertz CT molecular complexity index is 667. The van der Waals surface area contributed by atoms with Crippen molar-refractivity contribution < 1.29 is 9.90 Å². The Balaban J connectivity index is 1.62. The number of aliphatic hydroxyl groups excluding tert-OH is 1. The Hall–Kier alpha value is -2.24. The van der Waals surface area contributed by atoms with E-state index in [1.54, 1.807) is 6.20 Å². The van der Waals surface area contributed by atoms with Crippen LogP contribution in [0.15, 0.2) is 48.8 Å². The van der Waals surface area contributed by atoms with Crippen LogP contribution in [-0.2, 0) is 13.1 Å². The van der Waals surface area contributed by atoms with Crippen LogP contribution in [0.5, 0.6) is 0 Å². The minimum atomic E-state index is 0.117. The lowest BCUT2D eigenvalue weighted by Gasteiger charge is -2.21. The molecule has 0 radical (unpaired) electrons. The van der Waals surface area contributed by atoms with Gasteiger partial charge >= 0.3 is 0 Å². The van der Waals surface area contributed by atoms with Crippen LogP contribution in [0.3, 0.4) is 0 Å². The number of carbonyl (C=O) groups excluding carboxylic acids is 1. The van der Waals surface area contributed by atoms with Gasteiger partial charge in [-0.3, -0.25) is 14.7 Å². The van der Waals surface area contributed by atoms with E-state index in [2.05, 4.69) is 9.88 Å². The minimum absolute atomic E-state index is 0.117. The molecule has 5 heteroatoms. The number of benzene rings is 1. The van der Waals surface area contributed by atoms with Gasteiger partial charge in [0.2, 0.25) is 0 Å². The van der Waals surface area contributed by atoms with E-state index in [0.717, 1.165) is 55.7 Å². The molecule has 0 bridgehead atoms. The second-order valence-electron chi connectivity index (χ2n) is 6.49. The Labute approximate surface area is 148 Å². The van der Waals surface area contributed by atoms with Gasteiger partial charge in [-0.1, -0.05) is 18.2 Å². The maximum absolute atomic E-state index is 12.4. The molecule has 132 valence electrons. The number of aliphatic hydroxyl groups is 1. The number of hydrogen-bond acceptors (Lipinski definition) is 4. The third kappa shape index (κ3) is 4.87. The number of pyridine rings is 1. The minimum Gasteiger partial charge on any atom is -0.395 e. The zero-order valence-electron chi connectivity index (χ0n) is 14.5. The topological polar surface area (TPSA) is 56.7 Å². The Kier molecular flexibility index (Phi) is 6.14. The SMILES string of the molecule is O=C(c1ccc(CN(CCO)Cc2cccnc2)cc1)N1CCCC1. The highest BCUT2D eigenvalue weighted by Crippen LogP contribution is 2.15. The Morgan fingerprint density at radius 1 is 1.08 bits per heavy atom. The summed E-state index contributed by atoms with van der Waals surface area (Å²) in [6.07, 6.45) is 5.82. The van der Waals surface area contributed by atoms with Gasteiger partial charge in [-0.15, -0.1) is 0 Å². The van der Waals surface area contributed by atoms with E-state index in [1.807, 2.05) is 47.5 Å². The molecule has 0 aliphatic carbocycles. The average Bonchev–Trinajstić information content (AvgIpc) is 3.17. The highest BCUT2D eigenvalue weighted by Gasteiger charge is 2.19. The van der Waals surface area contributed by atoms with Crippen molar-refractivity contribution in [2.24, 2.45) is 0 Å². The summed E-state index contributed by atoms with van der Waals surface area (Å²) in [7, 11) is 0. The molecule has 25 heavy (non-hydrogen) atoms. The van der Waals surface area contributed by atoms with Crippen LogP contribution < -0.4 is 0 Å². The molecule has 1 aliphatic rings. The largest absolute Gasteiger partial charge is 0.395 e. The van der Waals surface area contributed by atoms with Gasteiger partial charge < -0.3 is 10.0 Å². The van der Waals surface area contributed by atoms with Crippen LogP contribution in [0.2, 0.25) is 0 Å². The summed E-state index contributed by atoms with van der Waals surface area (Å²) in [4.78, 5) is 20.6. The molecule has 0 unspecified atom stereocenters. The summed E-state index contributed by atoms with van der Waals surface area (Å²) < 4.78 is 0. The van der Waals surface area contributed by atoms with Gasteiger partial charge in [0.15, 0.2) is 0 Å². The molecule has 3 rings (SSSR count). The van der Waals surface area contributed by atoms with E-state index in [9.17, 15) is 9.90 Å². The smallest absolute Gasteiger partial charge is 0.253 e. The molecule has 0 atom stereocenters. The first-order chi connectivity index (χ1) is 12.3. The second kappa shape index (κ2) is 8.74. The third-order valence-corrected chi connectivity index (χ3v) is 4.55. The lowest BCUT2D eigenvalue weighted by Crippen LogP contribution is -2.28. The summed E-state index contributed by atoms with van der Waals surface area (Å²) in [6.45, 7) is 3.93. The normalized spacial score (nSPS) is 14.2. The van der Waals surface area contributed by atoms with Gasteiger partial charge in [0.1, 0.15) is 0 Å². The molecular formula is C20H25N3O2. The number of amides is 1. The number of carbonyl (C=O) groups is 1. The van der Waals surface area contributed by atoms with Crippen molar-refractivity contribution in [1.82, 2.24) is 14.8 Å². The van der Waals surface area contributed by atoms with Crippen LogP contribution in [0.25, 0.3) is 0 Å². The summed E-state index contributed by atoms with van der Waals surface area (Å²) in [5, 5.41) is 9.32. The fourth-order valence-corrected chi connectivity index (χ4v) is 3.22. The molecule has 1 aromatic heterocycles. The van der Waals surface area contributed by atoms with Crippen molar-refractivity contribution in [1.29, 1.82) is 0 Å². The van der Waals surface area contributed by atoms with Gasteiger partial charge in [-0.2, -0.15) is 0 Å². The zero-order chi connectivity index (χ0) is 17.5. The van der Waals surface area contributed by atoms with Crippen LogP contribution in [0, 0.1) is 0 Å². The maximum Gasteiger partial charge on any atom is 0.253 e. The summed E-state index contributed by atoms with van der Waals surface area (Å²) >= 11 is 0. The Morgan fingerprint density at radius 2 is 1.80 bits per heavy atom. The zero-order valence-corrected chi connectivity index (χ0v) is 14.5. The van der Waals surface area contributed by atoms with Crippen LogP contribution in [0.4, 0.5) is 0 Å². The van der Waals surface area contributed by atoms with Crippen molar-refractivity contribution in [3.8, 4) is 0 Å². The molecule has 2 heterocycles. The summed E-state index contributed by atoms with van der Waals surface area (Å²) in [5.41, 5.74) is 3.01. The molecule has 1 aliphatic heterocycles. The lowest BCUT2D eigenvalue weighted by molar-refractivity contribution is 0.0793. The van der Waals surface area contributed by atoms with E-state index >= 15 is 0 Å². The molecule has 2 aromatic rings. The monoisotopic (exact) mass is 339 g/mol. The van der Waals surface area contributed by atoms with E-state index < -0.39 is 0 Å². The fraction of sp³-hybridized carbons (Fsp3) is 0.400. The molecule has 0 spiro atoms. The van der Waals surface area contributed by atoms with Crippen molar-refractivity contribution in [2.45, 2.75) is 25.9 Å². The summed E-state index contributed by atoms with van der Waals surface area (Å²) in [5.74, 6) is 0.131. The van der Waals surface area contributed by atoms with E-state index in [1.165, 1.54) is 0 Å². The van der Waals surface area contributed by atoms with Gasteiger partial charge in [-0.25, -0.2) is 0 Å². The highest BCUT2D eigenvalue weighted by molar-refractivity contribution is 5.94. The van der Waals surface area contributed by atoms with Crippen molar-refractivity contribution >= 4 is 5.91 Å². The molecule has 1 amide bonds. The predicted molar refractivity (Wildman–Crippen MR) is 97.0 cm³/mol. The van der Waals surface area contributed by atoms with Crippen LogP contribution >= 0.6 is 0 Å². The van der Waals surface area contributed by atoms with Gasteiger partial charge in [-0.05, 0) is 42.2 Å². The molecule has 1 saturated heterocycles. The average molecular weight is 339 g/mol. The number of aromatic nitrogens is 1. The van der Waals surface area contributed by atoms with Gasteiger partial charge in [0.25, 0.3) is 5.91 Å². The van der Waals surface area contributed by atoms with E-state index in [-0.39, 0.29) is 12.5 Å². The number of rotatable bonds is 7. The van der Waals surface area contributed by atoms with Gasteiger partial charge in [0.05, 0.1) is 6.61 Å². The first kappa shape index (κ1) is 17.6. The molecular weight excluding hydrogens is 314 g/mol. The summed E-state index contributed by atoms with van der Waals surface area (Å²) in [6, 6.07) is 11.8. The first-order valence-electron chi connectivity index (χ1n) is 8.86. The van der Waals surface area contributed by atoms with Crippen molar-refractivity contribution in [3.05, 3.63) is 65.5 Å². The third-order valence-electron chi connectivity index (χ3n) is 4.55. The number of nitrogens with zero attached hydrogens (tertiary/aromatic N) is 3. The van der Waals surface area contributed by atoms with Crippen LogP contribution in [0.1, 0.15) is 34.3 Å². The molecule has 1 N–H and O–H groups in total. The Morgan fingerprint density at radius 3 is 2.44 bits per heavy atom. The standard InChI is InChI=1S/C20H25N3O2/c24-13-12-22(16-18-4-3-9-21-14-18)15-17-5-7-19(8-6-17)20(25)23-10-1-2-11-23/h3-9,14,24H,1-2,10-13,15-16H2. The van der Waals surface area contributed by atoms with Gasteiger partial charge in [0, 0.05) is 50.7 Å². The second-order valence-corrected chi connectivity index (χ2v) is 6.49. The van der Waals surface area contributed by atoms with Crippen molar-refractivity contribution in [3.63, 3.8) is 0 Å². The maximum atomic E-state index is 12.4. The number of hydrogen-bond donors (Lipinski definition) is 1. The molecule has 1 aromatic carbocycles.